The summed E-state index contributed by atoms with van der Waals surface area (Å²) in [7, 11) is 0. The Kier molecular flexibility index (Phi) is 4.30. The van der Waals surface area contributed by atoms with Crippen LogP contribution < -0.4 is 0 Å². The number of nitrogens with zero attached hydrogens (tertiary/aromatic N) is 2. The van der Waals surface area contributed by atoms with Crippen LogP contribution in [0.3, 0.4) is 0 Å². The van der Waals surface area contributed by atoms with E-state index in [1.807, 2.05) is 0 Å². The molecule has 1 aromatic heterocycles. The maximum Gasteiger partial charge on any atom is 0.0953 e. The first-order valence-corrected chi connectivity index (χ1v) is 6.85. The van der Waals surface area contributed by atoms with E-state index in [1.165, 1.54) is 12.8 Å². The molecule has 100 valence electrons. The van der Waals surface area contributed by atoms with Crippen LogP contribution in [0.25, 0.3) is 0 Å². The molecule has 4 nitrogen and oxygen atoms in total. The van der Waals surface area contributed by atoms with Gasteiger partial charge in [-0.25, -0.2) is 0 Å². The highest BCUT2D eigenvalue weighted by Crippen LogP contribution is 2.29. The summed E-state index contributed by atoms with van der Waals surface area (Å²) < 4.78 is 0. The van der Waals surface area contributed by atoms with Crippen LogP contribution in [0.5, 0.6) is 0 Å². The molecule has 0 radical (unpaired) electrons. The average Bonchev–Trinajstić information content (AvgIpc) is 2.27. The van der Waals surface area contributed by atoms with Crippen LogP contribution in [0.15, 0.2) is 0 Å². The van der Waals surface area contributed by atoms with Gasteiger partial charge in [0.05, 0.1) is 23.6 Å². The molecule has 1 aliphatic rings. The molecule has 0 amide bonds. The molecule has 18 heavy (non-hydrogen) atoms. The highest BCUT2D eigenvalue weighted by molar-refractivity contribution is 5.35. The minimum absolute atomic E-state index is 0.589. The molecule has 0 fully saturated rings. The summed E-state index contributed by atoms with van der Waals surface area (Å²) in [5.41, 5.74) is 3.62. The molecule has 0 bridgehead atoms. The molecule has 1 heterocycles. The summed E-state index contributed by atoms with van der Waals surface area (Å²) in [5.74, 6) is 0. The monoisotopic (exact) mass is 250 g/mol. The lowest BCUT2D eigenvalue weighted by atomic mass is 9.89. The lowest BCUT2D eigenvalue weighted by molar-refractivity contribution is 0.182. The number of aliphatic hydroxyl groups is 2. The molecular weight excluding hydrogens is 228 g/mol. The van der Waals surface area contributed by atoms with E-state index in [0.29, 0.717) is 11.4 Å². The Morgan fingerprint density at radius 1 is 0.778 bits per heavy atom. The minimum Gasteiger partial charge on any atom is -0.387 e. The summed E-state index contributed by atoms with van der Waals surface area (Å²) in [5, 5.41) is 27.9. The van der Waals surface area contributed by atoms with Crippen LogP contribution in [-0.4, -0.2) is 20.4 Å². The summed E-state index contributed by atoms with van der Waals surface area (Å²) in [6.07, 6.45) is 5.39. The molecule has 2 N–H and O–H groups in total. The Labute approximate surface area is 108 Å². The van der Waals surface area contributed by atoms with E-state index in [4.69, 9.17) is 0 Å². The van der Waals surface area contributed by atoms with Crippen LogP contribution in [-0.2, 0) is 12.8 Å². The molecular formula is C14H22N2O2. The second kappa shape index (κ2) is 5.76. The Hall–Kier alpha value is -1.00. The van der Waals surface area contributed by atoms with Crippen molar-refractivity contribution in [3.05, 3.63) is 22.5 Å². The van der Waals surface area contributed by atoms with Gasteiger partial charge < -0.3 is 10.2 Å². The molecule has 2 rings (SSSR count). The van der Waals surface area contributed by atoms with E-state index < -0.39 is 12.2 Å². The van der Waals surface area contributed by atoms with Crippen molar-refractivity contribution in [1.29, 1.82) is 0 Å². The zero-order valence-electron chi connectivity index (χ0n) is 11.2. The Morgan fingerprint density at radius 2 is 1.17 bits per heavy atom. The predicted molar refractivity (Wildman–Crippen MR) is 69.2 cm³/mol. The van der Waals surface area contributed by atoms with Gasteiger partial charge in [0.25, 0.3) is 0 Å². The zero-order valence-corrected chi connectivity index (χ0v) is 11.2. The van der Waals surface area contributed by atoms with E-state index in [2.05, 4.69) is 10.2 Å². The van der Waals surface area contributed by atoms with Crippen molar-refractivity contribution >= 4 is 0 Å². The van der Waals surface area contributed by atoms with Crippen molar-refractivity contribution < 1.29 is 10.2 Å². The molecule has 2 atom stereocenters. The number of hydrogen-bond acceptors (Lipinski definition) is 4. The van der Waals surface area contributed by atoms with Crippen LogP contribution >= 0.6 is 0 Å². The van der Waals surface area contributed by atoms with E-state index in [0.717, 1.165) is 36.8 Å². The standard InChI is InChI=1S/C14H22N2O2/c1-9(17)13-11-7-5-3-4-6-8-12(11)14(10(2)18)16-15-13/h9-10,17-18H,3-8H2,1-2H3. The summed E-state index contributed by atoms with van der Waals surface area (Å²) in [4.78, 5) is 0. The Morgan fingerprint density at radius 3 is 1.50 bits per heavy atom. The summed E-state index contributed by atoms with van der Waals surface area (Å²) in [6.45, 7) is 3.45. The quantitative estimate of drug-likeness (QED) is 0.844. The second-order valence-electron chi connectivity index (χ2n) is 5.19. The van der Waals surface area contributed by atoms with Crippen molar-refractivity contribution in [1.82, 2.24) is 10.2 Å². The third-order valence-corrected chi connectivity index (χ3v) is 3.64. The van der Waals surface area contributed by atoms with Gasteiger partial charge in [-0.2, -0.15) is 10.2 Å². The third kappa shape index (κ3) is 2.70. The molecule has 1 aromatic rings. The molecule has 0 aliphatic heterocycles. The lowest BCUT2D eigenvalue weighted by Gasteiger charge is -2.21. The van der Waals surface area contributed by atoms with Gasteiger partial charge in [-0.1, -0.05) is 12.8 Å². The van der Waals surface area contributed by atoms with Gasteiger partial charge in [0.15, 0.2) is 0 Å². The number of hydrogen-bond donors (Lipinski definition) is 2. The SMILES string of the molecule is CC(O)c1nnc(C(C)O)c2c1CCCCCC2. The lowest BCUT2D eigenvalue weighted by Crippen LogP contribution is -2.15. The van der Waals surface area contributed by atoms with E-state index in [-0.39, 0.29) is 0 Å². The molecule has 0 spiro atoms. The van der Waals surface area contributed by atoms with Gasteiger partial charge in [0.1, 0.15) is 0 Å². The van der Waals surface area contributed by atoms with Crippen molar-refractivity contribution in [3.63, 3.8) is 0 Å². The number of aliphatic hydroxyl groups excluding tert-OH is 2. The van der Waals surface area contributed by atoms with E-state index in [1.54, 1.807) is 13.8 Å². The average molecular weight is 250 g/mol. The molecule has 0 saturated heterocycles. The normalized spacial score (nSPS) is 19.6. The number of aromatic nitrogens is 2. The van der Waals surface area contributed by atoms with Crippen LogP contribution in [0.2, 0.25) is 0 Å². The number of fused-ring (bicyclic) bond motifs is 1. The van der Waals surface area contributed by atoms with Crippen LogP contribution in [0.4, 0.5) is 0 Å². The molecule has 0 aromatic carbocycles. The van der Waals surface area contributed by atoms with Gasteiger partial charge >= 0.3 is 0 Å². The molecule has 4 heteroatoms. The first-order valence-electron chi connectivity index (χ1n) is 6.85. The van der Waals surface area contributed by atoms with Crippen LogP contribution in [0, 0.1) is 0 Å². The smallest absolute Gasteiger partial charge is 0.0953 e. The van der Waals surface area contributed by atoms with Crippen molar-refractivity contribution in [3.8, 4) is 0 Å². The fourth-order valence-electron chi connectivity index (χ4n) is 2.72. The Balaban J connectivity index is 2.52. The van der Waals surface area contributed by atoms with Crippen molar-refractivity contribution in [2.75, 3.05) is 0 Å². The molecule has 1 aliphatic carbocycles. The number of rotatable bonds is 2. The Bertz CT molecular complexity index is 378. The van der Waals surface area contributed by atoms with Crippen LogP contribution in [0.1, 0.15) is 74.3 Å². The van der Waals surface area contributed by atoms with E-state index >= 15 is 0 Å². The summed E-state index contributed by atoms with van der Waals surface area (Å²) >= 11 is 0. The van der Waals surface area contributed by atoms with Gasteiger partial charge in [-0.05, 0) is 50.7 Å². The zero-order chi connectivity index (χ0) is 13.1. The molecule has 0 saturated carbocycles. The second-order valence-corrected chi connectivity index (χ2v) is 5.19. The highest BCUT2D eigenvalue weighted by atomic mass is 16.3. The molecule has 2 unspecified atom stereocenters. The van der Waals surface area contributed by atoms with Crippen molar-refractivity contribution in [2.24, 2.45) is 0 Å². The minimum atomic E-state index is -0.589. The largest absolute Gasteiger partial charge is 0.387 e. The first-order chi connectivity index (χ1) is 8.61. The van der Waals surface area contributed by atoms with Gasteiger partial charge in [-0.3, -0.25) is 0 Å². The van der Waals surface area contributed by atoms with E-state index in [9.17, 15) is 10.2 Å². The van der Waals surface area contributed by atoms with Gasteiger partial charge in [0, 0.05) is 0 Å². The third-order valence-electron chi connectivity index (χ3n) is 3.64. The fraction of sp³-hybridized carbons (Fsp3) is 0.714. The van der Waals surface area contributed by atoms with Gasteiger partial charge in [0.2, 0.25) is 0 Å². The maximum absolute atomic E-state index is 9.81. The van der Waals surface area contributed by atoms with Crippen molar-refractivity contribution in [2.45, 2.75) is 64.6 Å². The van der Waals surface area contributed by atoms with Gasteiger partial charge in [-0.15, -0.1) is 0 Å². The topological polar surface area (TPSA) is 66.2 Å². The first kappa shape index (κ1) is 13.4. The fourth-order valence-corrected chi connectivity index (χ4v) is 2.72. The summed E-state index contributed by atoms with van der Waals surface area (Å²) in [6, 6.07) is 0. The highest BCUT2D eigenvalue weighted by Gasteiger charge is 2.21. The predicted octanol–water partition coefficient (Wildman–Crippen LogP) is 2.24. The maximum atomic E-state index is 9.81.